The number of azo groups is 1. The third-order valence-corrected chi connectivity index (χ3v) is 5.88. The summed E-state index contributed by atoms with van der Waals surface area (Å²) in [6, 6.07) is 4.40. The first-order valence-corrected chi connectivity index (χ1v) is 10.8. The summed E-state index contributed by atoms with van der Waals surface area (Å²) in [7, 11) is 3.37. The van der Waals surface area contributed by atoms with Crippen LogP contribution < -0.4 is 20.3 Å². The van der Waals surface area contributed by atoms with Crippen LogP contribution in [0.5, 0.6) is 0 Å². The summed E-state index contributed by atoms with van der Waals surface area (Å²) in [6.07, 6.45) is 1.89. The van der Waals surface area contributed by atoms with E-state index in [1.165, 1.54) is 17.4 Å². The molecule has 1 aliphatic heterocycles. The molecule has 1 aromatic heterocycles. The van der Waals surface area contributed by atoms with Gasteiger partial charge in [-0.25, -0.2) is 0 Å². The van der Waals surface area contributed by atoms with Crippen LogP contribution in [0.15, 0.2) is 28.4 Å². The van der Waals surface area contributed by atoms with Gasteiger partial charge in [0.05, 0.1) is 5.69 Å². The Balaban J connectivity index is 2.01. The van der Waals surface area contributed by atoms with E-state index in [1.54, 1.807) is 27.7 Å². The van der Waals surface area contributed by atoms with Crippen molar-refractivity contribution >= 4 is 44.7 Å². The van der Waals surface area contributed by atoms with Gasteiger partial charge in [-0.05, 0) is 31.0 Å². The second-order valence-electron chi connectivity index (χ2n) is 6.80. The van der Waals surface area contributed by atoms with E-state index in [-0.39, 0.29) is 17.3 Å². The zero-order chi connectivity index (χ0) is 22.8. The summed E-state index contributed by atoms with van der Waals surface area (Å²) in [5, 5.41) is 11.0. The van der Waals surface area contributed by atoms with E-state index < -0.39 is 15.5 Å². The van der Waals surface area contributed by atoms with E-state index in [1.807, 2.05) is 4.90 Å². The summed E-state index contributed by atoms with van der Waals surface area (Å²) in [5.41, 5.74) is -5.29. The molecular formula is C17H23F3N8O2S. The van der Waals surface area contributed by atoms with Gasteiger partial charge in [0.15, 0.2) is 0 Å². The standard InChI is InChI=1S/C17H23F3N8O2S/c1-21-14-15(22-2)27(3)16(23-14)25-24-12-7-6-11(28-8-4-5-9-28)10-13(12)26-31(29,30)17(18,19)20/h6-7,10,26H,1-2,4-5,8-9,21-22H2,3H3. The van der Waals surface area contributed by atoms with Gasteiger partial charge in [-0.3, -0.25) is 9.29 Å². The number of hydrogen-bond acceptors (Lipinski definition) is 6. The van der Waals surface area contributed by atoms with Crippen LogP contribution in [-0.4, -0.2) is 36.6 Å². The van der Waals surface area contributed by atoms with Crippen LogP contribution in [0, 0.1) is 14.1 Å². The van der Waals surface area contributed by atoms with Gasteiger partial charge in [-0.2, -0.15) is 26.6 Å². The first-order chi connectivity index (χ1) is 14.6. The van der Waals surface area contributed by atoms with Crippen molar-refractivity contribution in [2.45, 2.75) is 18.3 Å². The molecule has 2 aromatic rings. The highest BCUT2D eigenvalue weighted by atomic mass is 32.2. The topological polar surface area (TPSA) is 125 Å². The van der Waals surface area contributed by atoms with Crippen molar-refractivity contribution in [3.63, 3.8) is 0 Å². The molecule has 0 atom stereocenters. The molecule has 0 unspecified atom stereocenters. The lowest BCUT2D eigenvalue weighted by Crippen LogP contribution is -2.77. The molecule has 170 valence electrons. The van der Waals surface area contributed by atoms with Crippen molar-refractivity contribution in [1.82, 2.24) is 9.55 Å². The van der Waals surface area contributed by atoms with E-state index in [9.17, 15) is 21.6 Å². The molecule has 10 nitrogen and oxygen atoms in total. The molecule has 1 fully saturated rings. The Bertz CT molecular complexity index is 1080. The predicted octanol–water partition coefficient (Wildman–Crippen LogP) is 1.67. The molecule has 0 spiro atoms. The van der Waals surface area contributed by atoms with Gasteiger partial charge in [0.1, 0.15) is 5.69 Å². The highest BCUT2D eigenvalue weighted by molar-refractivity contribution is 7.93. The summed E-state index contributed by atoms with van der Waals surface area (Å²) in [6.45, 7) is 1.46. The molecule has 31 heavy (non-hydrogen) atoms. The van der Waals surface area contributed by atoms with E-state index in [4.69, 9.17) is 0 Å². The van der Waals surface area contributed by atoms with Crippen molar-refractivity contribution in [3.05, 3.63) is 32.3 Å². The molecule has 14 heteroatoms. The van der Waals surface area contributed by atoms with Crippen molar-refractivity contribution in [1.29, 1.82) is 0 Å². The van der Waals surface area contributed by atoms with Gasteiger partial charge in [-0.1, -0.05) is 0 Å². The summed E-state index contributed by atoms with van der Waals surface area (Å²) < 4.78 is 65.4. The number of benzene rings is 1. The Kier molecular flexibility index (Phi) is 6.52. The predicted molar refractivity (Wildman–Crippen MR) is 108 cm³/mol. The highest BCUT2D eigenvalue weighted by Crippen LogP contribution is 2.36. The molecule has 3 rings (SSSR count). The number of nitrogens with zero attached hydrogens (tertiary/aromatic N) is 5. The maximum absolute atomic E-state index is 12.9. The zero-order valence-electron chi connectivity index (χ0n) is 16.7. The molecule has 0 aliphatic carbocycles. The maximum Gasteiger partial charge on any atom is 0.516 e. The van der Waals surface area contributed by atoms with E-state index in [2.05, 4.69) is 29.3 Å². The SMILES string of the molecule is [CH2-][NH2+]c1nc(N=Nc2ccc(N3CCCC3)cc2NS(=O)(=O)C(F)(F)F)n(C)c1[NH2+][CH2-]. The van der Waals surface area contributed by atoms with Crippen molar-refractivity contribution in [3.8, 4) is 0 Å². The van der Waals surface area contributed by atoms with Crippen LogP contribution in [0.25, 0.3) is 0 Å². The fourth-order valence-corrected chi connectivity index (χ4v) is 3.74. The fraction of sp³-hybridized carbons (Fsp3) is 0.353. The first-order valence-electron chi connectivity index (χ1n) is 9.29. The molecule has 0 saturated carbocycles. The minimum atomic E-state index is -5.63. The van der Waals surface area contributed by atoms with Crippen LogP contribution in [0.1, 0.15) is 12.8 Å². The summed E-state index contributed by atoms with van der Waals surface area (Å²) in [5.74, 6) is 1.29. The Morgan fingerprint density at radius 3 is 2.39 bits per heavy atom. The quantitative estimate of drug-likeness (QED) is 0.429. The van der Waals surface area contributed by atoms with E-state index in [0.717, 1.165) is 25.9 Å². The van der Waals surface area contributed by atoms with Gasteiger partial charge >= 0.3 is 15.5 Å². The first kappa shape index (κ1) is 23.0. The number of anilines is 2. The maximum atomic E-state index is 12.9. The van der Waals surface area contributed by atoms with Gasteiger partial charge in [0, 0.05) is 25.8 Å². The van der Waals surface area contributed by atoms with Crippen LogP contribution in [0.2, 0.25) is 0 Å². The second kappa shape index (κ2) is 8.80. The molecule has 5 N–H and O–H groups in total. The lowest BCUT2D eigenvalue weighted by molar-refractivity contribution is -0.547. The van der Waals surface area contributed by atoms with Crippen molar-refractivity contribution in [2.24, 2.45) is 17.3 Å². The van der Waals surface area contributed by atoms with Crippen LogP contribution in [0.4, 0.5) is 47.8 Å². The van der Waals surface area contributed by atoms with Crippen molar-refractivity contribution in [2.75, 3.05) is 22.7 Å². The Morgan fingerprint density at radius 2 is 1.84 bits per heavy atom. The van der Waals surface area contributed by atoms with Crippen LogP contribution in [-0.2, 0) is 17.1 Å². The highest BCUT2D eigenvalue weighted by Gasteiger charge is 2.46. The van der Waals surface area contributed by atoms with E-state index >= 15 is 0 Å². The van der Waals surface area contributed by atoms with Crippen LogP contribution in [0.3, 0.4) is 0 Å². The number of quaternary nitrogens is 2. The number of alkyl halides is 3. The molecule has 0 bridgehead atoms. The largest absolute Gasteiger partial charge is 0.516 e. The number of rotatable bonds is 7. The lowest BCUT2D eigenvalue weighted by Gasteiger charge is -2.20. The Labute approximate surface area is 177 Å². The van der Waals surface area contributed by atoms with Gasteiger partial charge in [-0.15, -0.1) is 24.3 Å². The molecule has 1 saturated heterocycles. The average molecular weight is 460 g/mol. The Hall–Kier alpha value is -2.71. The third kappa shape index (κ3) is 4.80. The monoisotopic (exact) mass is 460 g/mol. The number of halogens is 3. The second-order valence-corrected chi connectivity index (χ2v) is 8.47. The number of sulfonamides is 1. The number of nitrogens with one attached hydrogen (secondary N) is 1. The van der Waals surface area contributed by atoms with Gasteiger partial charge in [0.2, 0.25) is 0 Å². The normalized spacial score (nSPS) is 15.2. The minimum Gasteiger partial charge on any atom is -0.424 e. The van der Waals surface area contributed by atoms with Crippen molar-refractivity contribution < 1.29 is 32.2 Å². The molecule has 0 radical (unpaired) electrons. The number of hydrogen-bond donors (Lipinski definition) is 3. The number of imidazole rings is 1. The minimum absolute atomic E-state index is 0.0842. The average Bonchev–Trinajstić information content (AvgIpc) is 3.34. The van der Waals surface area contributed by atoms with E-state index in [0.29, 0.717) is 17.3 Å². The molecule has 1 aliphatic rings. The third-order valence-electron chi connectivity index (χ3n) is 4.78. The molecule has 1 aromatic carbocycles. The molecule has 2 heterocycles. The summed E-state index contributed by atoms with van der Waals surface area (Å²) >= 11 is 0. The molecular weight excluding hydrogens is 437 g/mol. The van der Waals surface area contributed by atoms with Gasteiger partial charge < -0.3 is 15.5 Å². The number of aromatic nitrogens is 2. The summed E-state index contributed by atoms with van der Waals surface area (Å²) in [4.78, 5) is 6.18. The Morgan fingerprint density at radius 1 is 1.16 bits per heavy atom. The van der Waals surface area contributed by atoms with Gasteiger partial charge in [0.25, 0.3) is 17.6 Å². The number of nitrogens with two attached hydrogens (primary N) is 2. The molecule has 0 amide bonds. The smallest absolute Gasteiger partial charge is 0.424 e. The fourth-order valence-electron chi connectivity index (χ4n) is 3.17. The lowest BCUT2D eigenvalue weighted by atomic mass is 10.2. The zero-order valence-corrected chi connectivity index (χ0v) is 17.5. The van der Waals surface area contributed by atoms with Crippen LogP contribution >= 0.6 is 0 Å².